The number of nitrogen functional groups attached to an aromatic ring is 1. The molecule has 1 aliphatic heterocycles. The van der Waals surface area contributed by atoms with Gasteiger partial charge in [0.05, 0.1) is 38.7 Å². The molecule has 1 aromatic carbocycles. The highest BCUT2D eigenvalue weighted by Gasteiger charge is 2.34. The number of hydrogen-bond donors (Lipinski definition) is 1. The van der Waals surface area contributed by atoms with Crippen LogP contribution in [0.25, 0.3) is 28.0 Å². The number of piperazine rings is 1. The number of nitrogens with two attached hydrogens (primary N) is 1. The van der Waals surface area contributed by atoms with Crippen molar-refractivity contribution in [1.82, 2.24) is 24.4 Å². The number of benzene rings is 1. The van der Waals surface area contributed by atoms with Gasteiger partial charge < -0.3 is 15.5 Å². The number of rotatable bonds is 6. The first-order valence-electron chi connectivity index (χ1n) is 14.1. The normalized spacial score (nSPS) is 16.9. The lowest BCUT2D eigenvalue weighted by molar-refractivity contribution is -0.128. The number of fused-ring (bicyclic) bond motifs is 1. The van der Waals surface area contributed by atoms with E-state index in [4.69, 9.17) is 17.3 Å². The molecule has 2 N–H and O–H groups in total. The predicted molar refractivity (Wildman–Crippen MR) is 172 cm³/mol. The molecule has 45 heavy (non-hydrogen) atoms. The average molecular weight is 658 g/mol. The molecule has 9 nitrogen and oxygen atoms in total. The maximum atomic E-state index is 15.2. The van der Waals surface area contributed by atoms with E-state index in [1.165, 1.54) is 28.5 Å². The monoisotopic (exact) mass is 657 g/mol. The SMILES string of the molecule is C=CC(=O)N1C[C@H](C)N(c2nc(=O)n(-c3c(SC)ccnc3C(C)C)c3nc(-c4c(N)c(F)cc(F)c4F)c(Cl)cc23)C[C@H]1C. The molecule has 3 aromatic heterocycles. The van der Waals surface area contributed by atoms with E-state index in [1.54, 1.807) is 17.2 Å². The van der Waals surface area contributed by atoms with Crippen molar-refractivity contribution in [2.45, 2.75) is 50.6 Å². The van der Waals surface area contributed by atoms with E-state index in [9.17, 15) is 18.4 Å². The standard InChI is InChI=1S/C31H31ClF3N7O2S/c1-7-22(43)40-12-16(5)41(13-15(40)4)29-17-10-18(32)27(23-24(35)19(33)11-20(34)25(23)36)38-30(17)42(31(44)39-29)28-21(45-6)8-9-37-26(28)14(2)3/h7-11,14-16H,1,12-13,36H2,2-6H3/t15-,16+/m1/s1. The van der Waals surface area contributed by atoms with E-state index < -0.39 is 34.4 Å². The van der Waals surface area contributed by atoms with E-state index >= 15 is 4.39 Å². The lowest BCUT2D eigenvalue weighted by Crippen LogP contribution is -2.58. The predicted octanol–water partition coefficient (Wildman–Crippen LogP) is 5.95. The van der Waals surface area contributed by atoms with Crippen LogP contribution in [0.1, 0.15) is 39.3 Å². The largest absolute Gasteiger partial charge is 0.396 e. The quantitative estimate of drug-likeness (QED) is 0.117. The molecule has 4 heterocycles. The zero-order chi connectivity index (χ0) is 32.9. The molecule has 0 saturated carbocycles. The molecule has 0 unspecified atom stereocenters. The minimum atomic E-state index is -1.48. The Labute approximate surface area is 266 Å². The topological polar surface area (TPSA) is 110 Å². The first kappa shape index (κ1) is 32.3. The number of aromatic nitrogens is 4. The Hall–Kier alpha value is -4.10. The molecule has 5 rings (SSSR count). The molecule has 236 valence electrons. The molecule has 0 aliphatic carbocycles. The lowest BCUT2D eigenvalue weighted by atomic mass is 10.0. The number of carbonyl (C=O) groups excluding carboxylic acids is 1. The van der Waals surface area contributed by atoms with Gasteiger partial charge in [-0.1, -0.05) is 32.0 Å². The summed E-state index contributed by atoms with van der Waals surface area (Å²) in [5, 5.41) is 0.139. The van der Waals surface area contributed by atoms with Crippen LogP contribution in [0.4, 0.5) is 24.7 Å². The number of hydrogen-bond acceptors (Lipinski definition) is 8. The van der Waals surface area contributed by atoms with Crippen LogP contribution in [-0.4, -0.2) is 61.8 Å². The van der Waals surface area contributed by atoms with E-state index in [1.807, 2.05) is 38.9 Å². The number of halogens is 4. The molecular weight excluding hydrogens is 627 g/mol. The summed E-state index contributed by atoms with van der Waals surface area (Å²) in [6.45, 7) is 11.8. The maximum absolute atomic E-state index is 15.2. The fourth-order valence-electron chi connectivity index (χ4n) is 5.65. The van der Waals surface area contributed by atoms with Crippen molar-refractivity contribution in [3.63, 3.8) is 0 Å². The van der Waals surface area contributed by atoms with Crippen LogP contribution in [0.15, 0.2) is 46.7 Å². The van der Waals surface area contributed by atoms with E-state index in [-0.39, 0.29) is 46.1 Å². The highest BCUT2D eigenvalue weighted by molar-refractivity contribution is 7.98. The first-order valence-corrected chi connectivity index (χ1v) is 15.7. The second-order valence-electron chi connectivity index (χ2n) is 11.1. The Morgan fingerprint density at radius 1 is 1.16 bits per heavy atom. The van der Waals surface area contributed by atoms with Gasteiger partial charge in [-0.2, -0.15) is 4.98 Å². The molecule has 0 spiro atoms. The van der Waals surface area contributed by atoms with Crippen molar-refractivity contribution >= 4 is 51.8 Å². The number of nitrogens with zero attached hydrogens (tertiary/aromatic N) is 6. The van der Waals surface area contributed by atoms with Crippen molar-refractivity contribution in [3.05, 3.63) is 75.7 Å². The molecule has 0 radical (unpaired) electrons. The minimum absolute atomic E-state index is 0.00233. The van der Waals surface area contributed by atoms with Gasteiger partial charge in [-0.25, -0.2) is 27.5 Å². The van der Waals surface area contributed by atoms with Gasteiger partial charge in [0.25, 0.3) is 0 Å². The molecule has 1 saturated heterocycles. The maximum Gasteiger partial charge on any atom is 0.355 e. The van der Waals surface area contributed by atoms with Crippen LogP contribution >= 0.6 is 23.4 Å². The van der Waals surface area contributed by atoms with Gasteiger partial charge in [0.15, 0.2) is 17.3 Å². The minimum Gasteiger partial charge on any atom is -0.396 e. The average Bonchev–Trinajstić information content (AvgIpc) is 3.00. The summed E-state index contributed by atoms with van der Waals surface area (Å²) in [6, 6.07) is 2.95. The van der Waals surface area contributed by atoms with Crippen LogP contribution in [0.5, 0.6) is 0 Å². The van der Waals surface area contributed by atoms with E-state index in [0.29, 0.717) is 40.8 Å². The smallest absolute Gasteiger partial charge is 0.355 e. The number of thioether (sulfide) groups is 1. The summed E-state index contributed by atoms with van der Waals surface area (Å²) in [6.07, 6.45) is 4.73. The van der Waals surface area contributed by atoms with Gasteiger partial charge in [0.2, 0.25) is 5.91 Å². The highest BCUT2D eigenvalue weighted by Crippen LogP contribution is 2.40. The number of carbonyl (C=O) groups is 1. The summed E-state index contributed by atoms with van der Waals surface area (Å²) in [5.74, 6) is -4.23. The fourth-order valence-corrected chi connectivity index (χ4v) is 6.48. The highest BCUT2D eigenvalue weighted by atomic mass is 35.5. The van der Waals surface area contributed by atoms with Gasteiger partial charge in [-0.05, 0) is 44.2 Å². The van der Waals surface area contributed by atoms with Crippen LogP contribution in [0, 0.1) is 17.5 Å². The second-order valence-corrected chi connectivity index (χ2v) is 12.4. The summed E-state index contributed by atoms with van der Waals surface area (Å²) in [4.78, 5) is 44.5. The summed E-state index contributed by atoms with van der Waals surface area (Å²) < 4.78 is 45.5. The zero-order valence-corrected chi connectivity index (χ0v) is 26.8. The first-order chi connectivity index (χ1) is 21.3. The Balaban J connectivity index is 1.89. The molecule has 14 heteroatoms. The zero-order valence-electron chi connectivity index (χ0n) is 25.2. The van der Waals surface area contributed by atoms with Gasteiger partial charge in [-0.15, -0.1) is 11.8 Å². The third-order valence-corrected chi connectivity index (χ3v) is 8.93. The van der Waals surface area contributed by atoms with Gasteiger partial charge in [0, 0.05) is 42.3 Å². The van der Waals surface area contributed by atoms with Crippen molar-refractivity contribution in [1.29, 1.82) is 0 Å². The van der Waals surface area contributed by atoms with Crippen molar-refractivity contribution < 1.29 is 18.0 Å². The van der Waals surface area contributed by atoms with Crippen molar-refractivity contribution in [2.75, 3.05) is 30.0 Å². The Kier molecular flexibility index (Phi) is 8.87. The summed E-state index contributed by atoms with van der Waals surface area (Å²) in [5.41, 5.74) is 4.45. The summed E-state index contributed by atoms with van der Waals surface area (Å²) in [7, 11) is 0. The van der Waals surface area contributed by atoms with Crippen LogP contribution in [-0.2, 0) is 4.79 Å². The van der Waals surface area contributed by atoms with Crippen LogP contribution < -0.4 is 16.3 Å². The molecule has 1 fully saturated rings. The van der Waals surface area contributed by atoms with Crippen LogP contribution in [0.2, 0.25) is 5.02 Å². The lowest BCUT2D eigenvalue weighted by Gasteiger charge is -2.44. The Bertz CT molecular complexity index is 1890. The number of anilines is 2. The molecule has 0 bridgehead atoms. The van der Waals surface area contributed by atoms with Crippen molar-refractivity contribution in [3.8, 4) is 16.9 Å². The number of amides is 1. The fraction of sp³-hybridized carbons (Fsp3) is 0.323. The molecule has 1 aliphatic rings. The Morgan fingerprint density at radius 2 is 1.87 bits per heavy atom. The van der Waals surface area contributed by atoms with E-state index in [2.05, 4.69) is 21.5 Å². The van der Waals surface area contributed by atoms with Crippen LogP contribution in [0.3, 0.4) is 0 Å². The van der Waals surface area contributed by atoms with E-state index in [0.717, 1.165) is 0 Å². The molecule has 4 aromatic rings. The number of pyridine rings is 2. The molecule has 1 amide bonds. The third kappa shape index (κ3) is 5.52. The second kappa shape index (κ2) is 12.4. The van der Waals surface area contributed by atoms with Gasteiger partial charge in [0.1, 0.15) is 11.6 Å². The van der Waals surface area contributed by atoms with Gasteiger partial charge in [-0.3, -0.25) is 9.78 Å². The summed E-state index contributed by atoms with van der Waals surface area (Å²) >= 11 is 8.05. The Morgan fingerprint density at radius 3 is 2.51 bits per heavy atom. The third-order valence-electron chi connectivity index (χ3n) is 7.87. The van der Waals surface area contributed by atoms with Crippen molar-refractivity contribution in [2.24, 2.45) is 0 Å². The molecular formula is C31H31ClF3N7O2S. The molecule has 2 atom stereocenters. The van der Waals surface area contributed by atoms with Gasteiger partial charge >= 0.3 is 5.69 Å².